The summed E-state index contributed by atoms with van der Waals surface area (Å²) in [7, 11) is 3.53. The molecule has 2 atom stereocenters. The molecule has 0 saturated heterocycles. The van der Waals surface area contributed by atoms with Crippen molar-refractivity contribution in [3.05, 3.63) is 0 Å². The summed E-state index contributed by atoms with van der Waals surface area (Å²) in [6.45, 7) is 5.54. The van der Waals surface area contributed by atoms with Gasteiger partial charge >= 0.3 is 6.09 Å². The molecule has 1 rings (SSSR count). The van der Waals surface area contributed by atoms with Gasteiger partial charge in [-0.25, -0.2) is 4.79 Å². The first-order valence-corrected chi connectivity index (χ1v) is 7.38. The van der Waals surface area contributed by atoms with Crippen LogP contribution < -0.4 is 5.32 Å². The molecule has 0 heterocycles. The highest BCUT2D eigenvalue weighted by molar-refractivity contribution is 5.76. The Balaban J connectivity index is 2.56. The van der Waals surface area contributed by atoms with Gasteiger partial charge < -0.3 is 15.0 Å². The van der Waals surface area contributed by atoms with Gasteiger partial charge in [0.25, 0.3) is 0 Å². The second-order valence-corrected chi connectivity index (χ2v) is 6.79. The van der Waals surface area contributed by atoms with E-state index in [4.69, 9.17) is 4.74 Å². The van der Waals surface area contributed by atoms with Crippen LogP contribution in [-0.2, 0) is 9.53 Å². The maximum Gasteiger partial charge on any atom is 0.407 e. The number of amides is 2. The molecule has 5 heteroatoms. The van der Waals surface area contributed by atoms with Crippen molar-refractivity contribution < 1.29 is 14.3 Å². The van der Waals surface area contributed by atoms with Gasteiger partial charge in [-0.3, -0.25) is 4.79 Å². The van der Waals surface area contributed by atoms with Crippen LogP contribution in [0.3, 0.4) is 0 Å². The molecule has 0 aromatic carbocycles. The average Bonchev–Trinajstić information content (AvgIpc) is 2.28. The van der Waals surface area contributed by atoms with Crippen LogP contribution in [0.15, 0.2) is 0 Å². The molecule has 0 aromatic heterocycles. The molecule has 1 saturated carbocycles. The molecule has 0 radical (unpaired) electrons. The Bertz CT molecular complexity index is 348. The van der Waals surface area contributed by atoms with E-state index in [0.717, 1.165) is 25.7 Å². The van der Waals surface area contributed by atoms with E-state index in [-0.39, 0.29) is 24.0 Å². The van der Waals surface area contributed by atoms with Crippen LogP contribution in [0, 0.1) is 5.92 Å². The van der Waals surface area contributed by atoms with Gasteiger partial charge in [-0.15, -0.1) is 0 Å². The fourth-order valence-corrected chi connectivity index (χ4v) is 2.51. The highest BCUT2D eigenvalue weighted by Gasteiger charge is 2.30. The third kappa shape index (κ3) is 5.80. The molecule has 0 bridgehead atoms. The van der Waals surface area contributed by atoms with Gasteiger partial charge in [0, 0.05) is 26.6 Å². The molecule has 1 N–H and O–H groups in total. The summed E-state index contributed by atoms with van der Waals surface area (Å²) in [5.74, 6) is 0.332. The zero-order valence-corrected chi connectivity index (χ0v) is 13.4. The number of ether oxygens (including phenoxy) is 1. The first-order chi connectivity index (χ1) is 9.19. The maximum absolute atomic E-state index is 11.9. The summed E-state index contributed by atoms with van der Waals surface area (Å²) in [5.41, 5.74) is -0.492. The van der Waals surface area contributed by atoms with Gasteiger partial charge in [0.05, 0.1) is 0 Å². The minimum Gasteiger partial charge on any atom is -0.444 e. The molecule has 0 spiro atoms. The number of hydrogen-bond donors (Lipinski definition) is 1. The van der Waals surface area contributed by atoms with E-state index in [2.05, 4.69) is 5.32 Å². The first-order valence-electron chi connectivity index (χ1n) is 7.38. The van der Waals surface area contributed by atoms with Crippen LogP contribution in [0.1, 0.15) is 52.9 Å². The van der Waals surface area contributed by atoms with Crippen molar-refractivity contribution in [1.82, 2.24) is 10.2 Å². The van der Waals surface area contributed by atoms with Crippen LogP contribution in [0.2, 0.25) is 0 Å². The van der Waals surface area contributed by atoms with Crippen LogP contribution in [0.5, 0.6) is 0 Å². The number of nitrogens with zero attached hydrogens (tertiary/aromatic N) is 1. The molecule has 1 fully saturated rings. The highest BCUT2D eigenvalue weighted by atomic mass is 16.6. The van der Waals surface area contributed by atoms with E-state index < -0.39 is 5.60 Å². The Morgan fingerprint density at radius 3 is 2.35 bits per heavy atom. The minimum atomic E-state index is -0.492. The zero-order chi connectivity index (χ0) is 15.3. The minimum absolute atomic E-state index is 0.0440. The predicted molar refractivity (Wildman–Crippen MR) is 78.4 cm³/mol. The Labute approximate surface area is 122 Å². The number of alkyl carbamates (subject to hydrolysis) is 1. The molecule has 5 nitrogen and oxygen atoms in total. The van der Waals surface area contributed by atoms with Crippen molar-refractivity contribution in [3.63, 3.8) is 0 Å². The Kier molecular flexibility index (Phi) is 5.84. The van der Waals surface area contributed by atoms with Crippen LogP contribution in [0.4, 0.5) is 4.79 Å². The van der Waals surface area contributed by atoms with E-state index in [1.165, 1.54) is 0 Å². The number of rotatable bonds is 3. The van der Waals surface area contributed by atoms with E-state index in [1.807, 2.05) is 20.8 Å². The summed E-state index contributed by atoms with van der Waals surface area (Å²) in [6.07, 6.45) is 4.23. The second-order valence-electron chi connectivity index (χ2n) is 6.79. The van der Waals surface area contributed by atoms with Gasteiger partial charge in [-0.2, -0.15) is 0 Å². The second kappa shape index (κ2) is 6.95. The van der Waals surface area contributed by atoms with Crippen LogP contribution in [-0.4, -0.2) is 42.6 Å². The summed E-state index contributed by atoms with van der Waals surface area (Å²) < 4.78 is 5.30. The summed E-state index contributed by atoms with van der Waals surface area (Å²) in [4.78, 5) is 25.3. The lowest BCUT2D eigenvalue weighted by molar-refractivity contribution is -0.130. The third-order valence-electron chi connectivity index (χ3n) is 3.55. The van der Waals surface area contributed by atoms with Gasteiger partial charge in [0.1, 0.15) is 5.60 Å². The molecule has 0 unspecified atom stereocenters. The van der Waals surface area contributed by atoms with E-state index >= 15 is 0 Å². The third-order valence-corrected chi connectivity index (χ3v) is 3.55. The Hall–Kier alpha value is -1.26. The molecule has 20 heavy (non-hydrogen) atoms. The van der Waals surface area contributed by atoms with Crippen molar-refractivity contribution in [2.24, 2.45) is 5.92 Å². The monoisotopic (exact) mass is 284 g/mol. The lowest BCUT2D eigenvalue weighted by Crippen LogP contribution is -2.45. The van der Waals surface area contributed by atoms with E-state index in [0.29, 0.717) is 6.42 Å². The molecule has 0 aromatic rings. The van der Waals surface area contributed by atoms with Gasteiger partial charge in [-0.1, -0.05) is 12.8 Å². The molecular formula is C15H28N2O3. The highest BCUT2D eigenvalue weighted by Crippen LogP contribution is 2.27. The zero-order valence-electron chi connectivity index (χ0n) is 13.4. The van der Waals surface area contributed by atoms with Crippen LogP contribution in [0.25, 0.3) is 0 Å². The summed E-state index contributed by atoms with van der Waals surface area (Å²) >= 11 is 0. The summed E-state index contributed by atoms with van der Waals surface area (Å²) in [5, 5.41) is 2.94. The van der Waals surface area contributed by atoms with Crippen molar-refractivity contribution in [2.45, 2.75) is 64.5 Å². The molecule has 0 aliphatic heterocycles. The normalized spacial score (nSPS) is 23.1. The first kappa shape index (κ1) is 16.8. The molecule has 2 amide bonds. The van der Waals surface area contributed by atoms with Gasteiger partial charge in [-0.05, 0) is 39.5 Å². The Morgan fingerprint density at radius 2 is 1.80 bits per heavy atom. The number of carbonyl (C=O) groups is 2. The number of nitrogens with one attached hydrogen (secondary N) is 1. The predicted octanol–water partition coefficient (Wildman–Crippen LogP) is 2.55. The van der Waals surface area contributed by atoms with Gasteiger partial charge in [0.15, 0.2) is 0 Å². The van der Waals surface area contributed by atoms with Crippen molar-refractivity contribution in [1.29, 1.82) is 0 Å². The smallest absolute Gasteiger partial charge is 0.407 e. The standard InChI is InChI=1S/C15H28N2O3/c1-15(2,3)20-14(19)16-12-9-7-6-8-11(12)10-13(18)17(4)5/h11-12H,6-10H2,1-5H3,(H,16,19)/t11-,12-/m0/s1. The van der Waals surface area contributed by atoms with Crippen molar-refractivity contribution in [2.75, 3.05) is 14.1 Å². The lowest BCUT2D eigenvalue weighted by Gasteiger charge is -2.33. The molecule has 1 aliphatic carbocycles. The van der Waals surface area contributed by atoms with E-state index in [1.54, 1.807) is 19.0 Å². The largest absolute Gasteiger partial charge is 0.444 e. The molecule has 116 valence electrons. The topological polar surface area (TPSA) is 58.6 Å². The SMILES string of the molecule is CN(C)C(=O)C[C@@H]1CCCC[C@@H]1NC(=O)OC(C)(C)C. The maximum atomic E-state index is 11.9. The van der Waals surface area contributed by atoms with Crippen molar-refractivity contribution in [3.8, 4) is 0 Å². The fraction of sp³-hybridized carbons (Fsp3) is 0.867. The number of carbonyl (C=O) groups excluding carboxylic acids is 2. The number of hydrogen-bond acceptors (Lipinski definition) is 3. The Morgan fingerprint density at radius 1 is 1.20 bits per heavy atom. The quantitative estimate of drug-likeness (QED) is 0.866. The van der Waals surface area contributed by atoms with Gasteiger partial charge in [0.2, 0.25) is 5.91 Å². The van der Waals surface area contributed by atoms with Crippen molar-refractivity contribution >= 4 is 12.0 Å². The molecule has 1 aliphatic rings. The average molecular weight is 284 g/mol. The molecular weight excluding hydrogens is 256 g/mol. The van der Waals surface area contributed by atoms with Crippen LogP contribution >= 0.6 is 0 Å². The summed E-state index contributed by atoms with van der Waals surface area (Å²) in [6, 6.07) is 0.0440. The lowest BCUT2D eigenvalue weighted by atomic mass is 9.82. The fourth-order valence-electron chi connectivity index (χ4n) is 2.51. The van der Waals surface area contributed by atoms with E-state index in [9.17, 15) is 9.59 Å².